The largest absolute Gasteiger partial charge is 0.372 e. The number of nitrogens with zero attached hydrogens (tertiary/aromatic N) is 2. The van der Waals surface area contributed by atoms with Gasteiger partial charge in [0.25, 0.3) is 0 Å². The monoisotopic (exact) mass is 313 g/mol. The highest BCUT2D eigenvalue weighted by molar-refractivity contribution is 9.10. The first-order chi connectivity index (χ1) is 8.61. The molecule has 1 aromatic heterocycles. The molecule has 1 aromatic rings. The Morgan fingerprint density at radius 1 is 1.44 bits per heavy atom. The molecule has 0 saturated heterocycles. The summed E-state index contributed by atoms with van der Waals surface area (Å²) in [6.07, 6.45) is 3.61. The van der Waals surface area contributed by atoms with Crippen molar-refractivity contribution in [2.75, 3.05) is 17.7 Å². The molecule has 98 valence electrons. The highest BCUT2D eigenvalue weighted by Gasteiger charge is 2.26. The Balaban J connectivity index is 2.01. The number of nitrogens with one attached hydrogen (secondary N) is 3. The van der Waals surface area contributed by atoms with Gasteiger partial charge in [-0.1, -0.05) is 0 Å². The minimum absolute atomic E-state index is 0.00554. The van der Waals surface area contributed by atoms with Crippen molar-refractivity contribution in [1.82, 2.24) is 15.3 Å². The average molecular weight is 314 g/mol. The normalized spacial score (nSPS) is 15.9. The second kappa shape index (κ2) is 5.51. The standard InChI is InChI=1S/C11H16BrN5O/c1-6(11(18)17-7-3-4-7)16-10-8(12)9(13-2)14-5-15-10/h5-7H,3-4H2,1-2H3,(H,17,18)(H2,13,14,15,16). The van der Waals surface area contributed by atoms with E-state index in [0.717, 1.165) is 17.3 Å². The maximum Gasteiger partial charge on any atom is 0.242 e. The fourth-order valence-electron chi connectivity index (χ4n) is 1.47. The summed E-state index contributed by atoms with van der Waals surface area (Å²) < 4.78 is 0.721. The van der Waals surface area contributed by atoms with Crippen molar-refractivity contribution in [2.45, 2.75) is 31.8 Å². The minimum atomic E-state index is -0.332. The van der Waals surface area contributed by atoms with E-state index < -0.39 is 0 Å². The number of hydrogen-bond donors (Lipinski definition) is 3. The van der Waals surface area contributed by atoms with E-state index in [9.17, 15) is 4.79 Å². The van der Waals surface area contributed by atoms with Crippen LogP contribution in [0.1, 0.15) is 19.8 Å². The van der Waals surface area contributed by atoms with Crippen molar-refractivity contribution in [3.63, 3.8) is 0 Å². The first-order valence-electron chi connectivity index (χ1n) is 5.87. The van der Waals surface area contributed by atoms with Gasteiger partial charge in [-0.05, 0) is 35.7 Å². The molecular weight excluding hydrogens is 298 g/mol. The van der Waals surface area contributed by atoms with E-state index in [0.29, 0.717) is 17.7 Å². The summed E-state index contributed by atoms with van der Waals surface area (Å²) in [4.78, 5) is 20.0. The second-order valence-electron chi connectivity index (χ2n) is 4.28. The van der Waals surface area contributed by atoms with Crippen molar-refractivity contribution in [3.05, 3.63) is 10.8 Å². The van der Waals surface area contributed by atoms with Crippen LogP contribution < -0.4 is 16.0 Å². The smallest absolute Gasteiger partial charge is 0.242 e. The van der Waals surface area contributed by atoms with Gasteiger partial charge >= 0.3 is 0 Å². The van der Waals surface area contributed by atoms with Gasteiger partial charge in [0, 0.05) is 13.1 Å². The van der Waals surface area contributed by atoms with Crippen molar-refractivity contribution < 1.29 is 4.79 Å². The van der Waals surface area contributed by atoms with Crippen LogP contribution in [0.3, 0.4) is 0 Å². The lowest BCUT2D eigenvalue weighted by Crippen LogP contribution is -2.38. The Bertz CT molecular complexity index is 449. The molecule has 0 bridgehead atoms. The average Bonchev–Trinajstić information content (AvgIpc) is 3.15. The summed E-state index contributed by atoms with van der Waals surface area (Å²) in [6.45, 7) is 1.81. The van der Waals surface area contributed by atoms with Crippen molar-refractivity contribution in [1.29, 1.82) is 0 Å². The van der Waals surface area contributed by atoms with Crippen LogP contribution in [0.15, 0.2) is 10.8 Å². The van der Waals surface area contributed by atoms with Gasteiger partial charge in [-0.15, -0.1) is 0 Å². The Morgan fingerprint density at radius 2 is 2.11 bits per heavy atom. The summed E-state index contributed by atoms with van der Waals surface area (Å²) in [5.74, 6) is 1.28. The summed E-state index contributed by atoms with van der Waals surface area (Å²) in [5.41, 5.74) is 0. The van der Waals surface area contributed by atoms with Crippen LogP contribution >= 0.6 is 15.9 Å². The number of carbonyl (C=O) groups is 1. The summed E-state index contributed by atoms with van der Waals surface area (Å²) >= 11 is 3.40. The molecule has 1 aliphatic rings. The highest BCUT2D eigenvalue weighted by atomic mass is 79.9. The predicted octanol–water partition coefficient (Wildman–Crippen LogP) is 1.36. The van der Waals surface area contributed by atoms with Gasteiger partial charge in [-0.25, -0.2) is 9.97 Å². The molecule has 0 aromatic carbocycles. The molecule has 6 nitrogen and oxygen atoms in total. The van der Waals surface area contributed by atoms with E-state index in [1.165, 1.54) is 6.33 Å². The van der Waals surface area contributed by atoms with Crippen LogP contribution in [0.25, 0.3) is 0 Å². The molecule has 2 rings (SSSR count). The lowest BCUT2D eigenvalue weighted by Gasteiger charge is -2.16. The Morgan fingerprint density at radius 3 is 2.72 bits per heavy atom. The minimum Gasteiger partial charge on any atom is -0.372 e. The molecule has 1 unspecified atom stereocenters. The molecule has 0 radical (unpaired) electrons. The zero-order chi connectivity index (χ0) is 13.1. The first kappa shape index (κ1) is 13.1. The number of anilines is 2. The number of rotatable bonds is 5. The van der Waals surface area contributed by atoms with Gasteiger partial charge in [0.2, 0.25) is 5.91 Å². The zero-order valence-electron chi connectivity index (χ0n) is 10.3. The van der Waals surface area contributed by atoms with Gasteiger partial charge < -0.3 is 16.0 Å². The molecule has 1 aliphatic carbocycles. The molecule has 1 fully saturated rings. The lowest BCUT2D eigenvalue weighted by molar-refractivity contribution is -0.121. The maximum absolute atomic E-state index is 11.8. The van der Waals surface area contributed by atoms with E-state index in [2.05, 4.69) is 41.8 Å². The third kappa shape index (κ3) is 3.10. The third-order valence-electron chi connectivity index (χ3n) is 2.70. The van der Waals surface area contributed by atoms with Gasteiger partial charge in [-0.3, -0.25) is 4.79 Å². The second-order valence-corrected chi connectivity index (χ2v) is 5.08. The van der Waals surface area contributed by atoms with Crippen LogP contribution in [-0.4, -0.2) is 35.0 Å². The lowest BCUT2D eigenvalue weighted by atomic mass is 10.3. The predicted molar refractivity (Wildman–Crippen MR) is 73.5 cm³/mol. The van der Waals surface area contributed by atoms with Crippen LogP contribution in [0.2, 0.25) is 0 Å². The van der Waals surface area contributed by atoms with Crippen LogP contribution in [0.5, 0.6) is 0 Å². The fraction of sp³-hybridized carbons (Fsp3) is 0.545. The number of carbonyl (C=O) groups excluding carboxylic acids is 1. The van der Waals surface area contributed by atoms with Gasteiger partial charge in [0.1, 0.15) is 28.5 Å². The van der Waals surface area contributed by atoms with Gasteiger partial charge in [-0.2, -0.15) is 0 Å². The first-order valence-corrected chi connectivity index (χ1v) is 6.66. The molecular formula is C11H16BrN5O. The molecule has 1 heterocycles. The van der Waals surface area contributed by atoms with E-state index in [1.54, 1.807) is 7.05 Å². The number of halogens is 1. The van der Waals surface area contributed by atoms with E-state index in [-0.39, 0.29) is 11.9 Å². The molecule has 3 N–H and O–H groups in total. The maximum atomic E-state index is 11.8. The van der Waals surface area contributed by atoms with E-state index in [4.69, 9.17) is 0 Å². The fourth-order valence-corrected chi connectivity index (χ4v) is 1.99. The van der Waals surface area contributed by atoms with Gasteiger partial charge in [0.05, 0.1) is 0 Å². The van der Waals surface area contributed by atoms with E-state index >= 15 is 0 Å². The molecule has 1 saturated carbocycles. The SMILES string of the molecule is CNc1ncnc(NC(C)C(=O)NC2CC2)c1Br. The summed E-state index contributed by atoms with van der Waals surface area (Å²) in [6, 6.07) is 0.0324. The third-order valence-corrected chi connectivity index (χ3v) is 3.45. The number of aromatic nitrogens is 2. The molecule has 1 atom stereocenters. The van der Waals surface area contributed by atoms with Crippen molar-refractivity contribution in [2.24, 2.45) is 0 Å². The Kier molecular flexibility index (Phi) is 4.00. The highest BCUT2D eigenvalue weighted by Crippen LogP contribution is 2.26. The molecule has 18 heavy (non-hydrogen) atoms. The van der Waals surface area contributed by atoms with E-state index in [1.807, 2.05) is 6.92 Å². The Labute approximate surface area is 114 Å². The zero-order valence-corrected chi connectivity index (χ0v) is 11.9. The van der Waals surface area contributed by atoms with Crippen LogP contribution in [0.4, 0.5) is 11.6 Å². The van der Waals surface area contributed by atoms with Crippen molar-refractivity contribution >= 4 is 33.5 Å². The van der Waals surface area contributed by atoms with Crippen LogP contribution in [-0.2, 0) is 4.79 Å². The summed E-state index contributed by atoms with van der Waals surface area (Å²) in [5, 5.41) is 8.96. The number of amides is 1. The van der Waals surface area contributed by atoms with Crippen molar-refractivity contribution in [3.8, 4) is 0 Å². The quantitative estimate of drug-likeness (QED) is 0.765. The van der Waals surface area contributed by atoms with Gasteiger partial charge in [0.15, 0.2) is 0 Å². The molecule has 0 spiro atoms. The Hall–Kier alpha value is -1.37. The van der Waals surface area contributed by atoms with Crippen LogP contribution in [0, 0.1) is 0 Å². The molecule has 7 heteroatoms. The number of hydrogen-bond acceptors (Lipinski definition) is 5. The molecule has 0 aliphatic heterocycles. The molecule has 1 amide bonds. The summed E-state index contributed by atoms with van der Waals surface area (Å²) in [7, 11) is 1.78. The topological polar surface area (TPSA) is 78.9 Å².